The molecule has 0 N–H and O–H groups in total. The van der Waals surface area contributed by atoms with Crippen molar-refractivity contribution in [1.29, 1.82) is 0 Å². The molecule has 1 atom stereocenters. The first-order chi connectivity index (χ1) is 12.0. The lowest BCUT2D eigenvalue weighted by molar-refractivity contribution is -0.143. The topological polar surface area (TPSA) is 60.9 Å². The zero-order valence-electron chi connectivity index (χ0n) is 14.9. The molecule has 2 aliphatic rings. The minimum Gasteiger partial charge on any atom is -0.339 e. The minimum absolute atomic E-state index is 0.00169. The standard InChI is InChI=1S/C19H25N3O3/c1-14(2)18(24)20-8-10-21(11-9-20)19(25)15-12-17(23)22(13-15)16-6-4-3-5-7-16/h3-7,14-15H,8-13H2,1-2H3/t15-/m1/s1. The van der Waals surface area contributed by atoms with Crippen LogP contribution in [-0.2, 0) is 14.4 Å². The lowest BCUT2D eigenvalue weighted by atomic mass is 10.1. The Balaban J connectivity index is 1.58. The highest BCUT2D eigenvalue weighted by Crippen LogP contribution is 2.26. The molecule has 2 fully saturated rings. The first-order valence-electron chi connectivity index (χ1n) is 8.90. The van der Waals surface area contributed by atoms with Crippen LogP contribution in [0.3, 0.4) is 0 Å². The fourth-order valence-corrected chi connectivity index (χ4v) is 3.50. The monoisotopic (exact) mass is 343 g/mol. The average Bonchev–Trinajstić information content (AvgIpc) is 3.03. The van der Waals surface area contributed by atoms with E-state index in [9.17, 15) is 14.4 Å². The normalized spacial score (nSPS) is 21.2. The summed E-state index contributed by atoms with van der Waals surface area (Å²) in [5.74, 6) is -0.144. The number of carbonyl (C=O) groups is 3. The molecular weight excluding hydrogens is 318 g/mol. The van der Waals surface area contributed by atoms with Crippen molar-refractivity contribution in [2.45, 2.75) is 20.3 Å². The highest BCUT2D eigenvalue weighted by Gasteiger charge is 2.38. The van der Waals surface area contributed by atoms with Crippen molar-refractivity contribution < 1.29 is 14.4 Å². The van der Waals surface area contributed by atoms with Crippen molar-refractivity contribution in [3.05, 3.63) is 30.3 Å². The third-order valence-electron chi connectivity index (χ3n) is 4.94. The summed E-state index contributed by atoms with van der Waals surface area (Å²) in [4.78, 5) is 42.4. The van der Waals surface area contributed by atoms with E-state index in [1.165, 1.54) is 0 Å². The maximum atomic E-state index is 12.8. The Kier molecular flexibility index (Phi) is 5.06. The number of para-hydroxylation sites is 1. The first-order valence-corrected chi connectivity index (χ1v) is 8.90. The Morgan fingerprint density at radius 2 is 1.60 bits per heavy atom. The second-order valence-corrected chi connectivity index (χ2v) is 7.05. The zero-order chi connectivity index (χ0) is 18.0. The number of rotatable bonds is 3. The molecule has 0 unspecified atom stereocenters. The molecule has 25 heavy (non-hydrogen) atoms. The van der Waals surface area contributed by atoms with Crippen LogP contribution in [0.15, 0.2) is 30.3 Å². The van der Waals surface area contributed by atoms with Crippen molar-refractivity contribution in [3.63, 3.8) is 0 Å². The molecular formula is C19H25N3O3. The molecule has 3 amide bonds. The van der Waals surface area contributed by atoms with Gasteiger partial charge in [0.05, 0.1) is 5.92 Å². The van der Waals surface area contributed by atoms with E-state index in [0.29, 0.717) is 32.7 Å². The fourth-order valence-electron chi connectivity index (χ4n) is 3.50. The number of carbonyl (C=O) groups excluding carboxylic acids is 3. The van der Waals surface area contributed by atoms with Crippen LogP contribution in [0.5, 0.6) is 0 Å². The van der Waals surface area contributed by atoms with E-state index in [4.69, 9.17) is 0 Å². The molecule has 0 aromatic heterocycles. The molecule has 2 heterocycles. The molecule has 0 spiro atoms. The van der Waals surface area contributed by atoms with E-state index in [-0.39, 0.29) is 36.0 Å². The summed E-state index contributed by atoms with van der Waals surface area (Å²) in [5.41, 5.74) is 0.843. The first kappa shape index (κ1) is 17.5. The van der Waals surface area contributed by atoms with Crippen LogP contribution >= 0.6 is 0 Å². The van der Waals surface area contributed by atoms with Gasteiger partial charge in [0, 0.05) is 50.7 Å². The Morgan fingerprint density at radius 1 is 1.00 bits per heavy atom. The van der Waals surface area contributed by atoms with E-state index < -0.39 is 0 Å². The molecule has 1 aromatic rings. The van der Waals surface area contributed by atoms with Gasteiger partial charge in [-0.15, -0.1) is 0 Å². The van der Waals surface area contributed by atoms with Gasteiger partial charge in [-0.05, 0) is 12.1 Å². The molecule has 2 saturated heterocycles. The summed E-state index contributed by atoms with van der Waals surface area (Å²) in [6, 6.07) is 9.47. The van der Waals surface area contributed by atoms with Gasteiger partial charge in [-0.25, -0.2) is 0 Å². The second-order valence-electron chi connectivity index (χ2n) is 7.05. The molecule has 6 heteroatoms. The third kappa shape index (κ3) is 3.67. The van der Waals surface area contributed by atoms with Crippen LogP contribution in [0.4, 0.5) is 5.69 Å². The number of nitrogens with zero attached hydrogens (tertiary/aromatic N) is 3. The predicted octanol–water partition coefficient (Wildman–Crippen LogP) is 1.37. The summed E-state index contributed by atoms with van der Waals surface area (Å²) < 4.78 is 0. The Bertz CT molecular complexity index is 651. The lowest BCUT2D eigenvalue weighted by Crippen LogP contribution is -2.53. The van der Waals surface area contributed by atoms with Gasteiger partial charge in [0.15, 0.2) is 0 Å². The number of hydrogen-bond acceptors (Lipinski definition) is 3. The van der Waals surface area contributed by atoms with E-state index in [0.717, 1.165) is 5.69 Å². The summed E-state index contributed by atoms with van der Waals surface area (Å²) in [6.07, 6.45) is 0.263. The smallest absolute Gasteiger partial charge is 0.228 e. The van der Waals surface area contributed by atoms with Crippen LogP contribution < -0.4 is 4.90 Å². The van der Waals surface area contributed by atoms with Gasteiger partial charge in [-0.2, -0.15) is 0 Å². The molecule has 0 radical (unpaired) electrons. The van der Waals surface area contributed by atoms with Gasteiger partial charge in [-0.3, -0.25) is 14.4 Å². The van der Waals surface area contributed by atoms with Gasteiger partial charge >= 0.3 is 0 Å². The molecule has 6 nitrogen and oxygen atoms in total. The van der Waals surface area contributed by atoms with Crippen LogP contribution in [-0.4, -0.2) is 60.2 Å². The van der Waals surface area contributed by atoms with Crippen LogP contribution in [0, 0.1) is 11.8 Å². The van der Waals surface area contributed by atoms with Crippen molar-refractivity contribution in [1.82, 2.24) is 9.80 Å². The fraction of sp³-hybridized carbons (Fsp3) is 0.526. The van der Waals surface area contributed by atoms with E-state index in [1.54, 1.807) is 9.80 Å². The SMILES string of the molecule is CC(C)C(=O)N1CCN(C(=O)[C@@H]2CC(=O)N(c3ccccc3)C2)CC1. The van der Waals surface area contributed by atoms with Gasteiger partial charge in [0.1, 0.15) is 0 Å². The molecule has 3 rings (SSSR count). The largest absolute Gasteiger partial charge is 0.339 e. The van der Waals surface area contributed by atoms with Crippen molar-refractivity contribution >= 4 is 23.4 Å². The van der Waals surface area contributed by atoms with Crippen molar-refractivity contribution in [2.75, 3.05) is 37.6 Å². The van der Waals surface area contributed by atoms with Crippen molar-refractivity contribution in [3.8, 4) is 0 Å². The van der Waals surface area contributed by atoms with Gasteiger partial charge in [0.2, 0.25) is 17.7 Å². The lowest BCUT2D eigenvalue weighted by Gasteiger charge is -2.36. The second kappa shape index (κ2) is 7.25. The van der Waals surface area contributed by atoms with Gasteiger partial charge in [0.25, 0.3) is 0 Å². The molecule has 0 saturated carbocycles. The number of benzene rings is 1. The van der Waals surface area contributed by atoms with Crippen LogP contribution in [0.2, 0.25) is 0 Å². The Labute approximate surface area is 148 Å². The van der Waals surface area contributed by atoms with Crippen LogP contribution in [0.25, 0.3) is 0 Å². The summed E-state index contributed by atoms with van der Waals surface area (Å²) in [6.45, 7) is 6.47. The van der Waals surface area contributed by atoms with Gasteiger partial charge < -0.3 is 14.7 Å². The maximum Gasteiger partial charge on any atom is 0.228 e. The van der Waals surface area contributed by atoms with Gasteiger partial charge in [-0.1, -0.05) is 32.0 Å². The van der Waals surface area contributed by atoms with E-state index >= 15 is 0 Å². The van der Waals surface area contributed by atoms with Crippen LogP contribution in [0.1, 0.15) is 20.3 Å². The van der Waals surface area contributed by atoms with Crippen molar-refractivity contribution in [2.24, 2.45) is 11.8 Å². The molecule has 2 aliphatic heterocycles. The van der Waals surface area contributed by atoms with E-state index in [2.05, 4.69) is 0 Å². The predicted molar refractivity (Wildman–Crippen MR) is 94.9 cm³/mol. The average molecular weight is 343 g/mol. The van der Waals surface area contributed by atoms with E-state index in [1.807, 2.05) is 49.1 Å². The number of hydrogen-bond donors (Lipinski definition) is 0. The Hall–Kier alpha value is -2.37. The summed E-state index contributed by atoms with van der Waals surface area (Å²) in [7, 11) is 0. The number of piperazine rings is 1. The number of amides is 3. The summed E-state index contributed by atoms with van der Waals surface area (Å²) in [5, 5.41) is 0. The number of anilines is 1. The molecule has 0 bridgehead atoms. The summed E-state index contributed by atoms with van der Waals surface area (Å²) >= 11 is 0. The Morgan fingerprint density at radius 3 is 2.20 bits per heavy atom. The quantitative estimate of drug-likeness (QED) is 0.833. The highest BCUT2D eigenvalue weighted by molar-refractivity contribution is 6.00. The minimum atomic E-state index is -0.292. The molecule has 1 aromatic carbocycles. The third-order valence-corrected chi connectivity index (χ3v) is 4.94. The maximum absolute atomic E-state index is 12.8. The molecule has 0 aliphatic carbocycles. The highest BCUT2D eigenvalue weighted by atomic mass is 16.2. The zero-order valence-corrected chi connectivity index (χ0v) is 14.9. The molecule has 134 valence electrons.